The summed E-state index contributed by atoms with van der Waals surface area (Å²) in [5.41, 5.74) is 1.14. The Hall–Kier alpha value is -1.58. The molecule has 0 fully saturated rings. The Kier molecular flexibility index (Phi) is 5.13. The van der Waals surface area contributed by atoms with Crippen LogP contribution < -0.4 is 4.90 Å². The maximum absolute atomic E-state index is 11.1. The molecule has 0 saturated heterocycles. The lowest BCUT2D eigenvalue weighted by atomic mass is 10.1. The van der Waals surface area contributed by atoms with Gasteiger partial charge in [-0.05, 0) is 31.4 Å². The van der Waals surface area contributed by atoms with Gasteiger partial charge in [0.2, 0.25) is 0 Å². The van der Waals surface area contributed by atoms with E-state index in [0.29, 0.717) is 11.5 Å². The second kappa shape index (κ2) is 6.38. The number of anilines is 1. The number of aryl methyl sites for hydroxylation is 1. The third kappa shape index (κ3) is 3.72. The van der Waals surface area contributed by atoms with Crippen LogP contribution >= 0.6 is 0 Å². The van der Waals surface area contributed by atoms with Crippen LogP contribution in [0, 0.1) is 5.92 Å². The fraction of sp³-hybridized carbons (Fsp3) is 0.571. The molecule has 4 heteroatoms. The Labute approximate surface area is 109 Å². The van der Waals surface area contributed by atoms with Crippen molar-refractivity contribution in [3.05, 3.63) is 23.4 Å². The smallest absolute Gasteiger partial charge is 0.335 e. The minimum absolute atomic E-state index is 0.319. The molecule has 0 amide bonds. The van der Waals surface area contributed by atoms with E-state index in [1.807, 2.05) is 6.92 Å². The van der Waals surface area contributed by atoms with E-state index in [1.165, 1.54) is 0 Å². The molecular formula is C14H22N2O2. The number of carboxylic acids is 1. The molecule has 0 bridgehead atoms. The standard InChI is InChI=1S/C14H22N2O2/c1-5-12-7-11(14(17)18)8-13(15-12)16(6-2)9-10(3)4/h7-8,10H,5-6,9H2,1-4H3,(H,17,18). The van der Waals surface area contributed by atoms with Gasteiger partial charge in [-0.2, -0.15) is 0 Å². The highest BCUT2D eigenvalue weighted by molar-refractivity contribution is 5.88. The zero-order valence-corrected chi connectivity index (χ0v) is 11.6. The first-order valence-corrected chi connectivity index (χ1v) is 6.47. The van der Waals surface area contributed by atoms with Crippen LogP contribution in [-0.2, 0) is 6.42 Å². The molecule has 0 aliphatic rings. The van der Waals surface area contributed by atoms with E-state index in [0.717, 1.165) is 31.0 Å². The molecule has 18 heavy (non-hydrogen) atoms. The third-order valence-corrected chi connectivity index (χ3v) is 2.77. The number of hydrogen-bond acceptors (Lipinski definition) is 3. The summed E-state index contributed by atoms with van der Waals surface area (Å²) >= 11 is 0. The average molecular weight is 250 g/mol. The largest absolute Gasteiger partial charge is 0.478 e. The molecule has 0 unspecified atom stereocenters. The Morgan fingerprint density at radius 2 is 2.06 bits per heavy atom. The van der Waals surface area contributed by atoms with Crippen LogP contribution in [0.15, 0.2) is 12.1 Å². The van der Waals surface area contributed by atoms with Crippen LogP contribution in [0.3, 0.4) is 0 Å². The molecule has 1 rings (SSSR count). The second-order valence-corrected chi connectivity index (χ2v) is 4.80. The highest BCUT2D eigenvalue weighted by Gasteiger charge is 2.13. The van der Waals surface area contributed by atoms with Crippen molar-refractivity contribution in [2.75, 3.05) is 18.0 Å². The van der Waals surface area contributed by atoms with Crippen LogP contribution in [0.4, 0.5) is 5.82 Å². The van der Waals surface area contributed by atoms with Gasteiger partial charge in [-0.3, -0.25) is 0 Å². The zero-order valence-electron chi connectivity index (χ0n) is 11.6. The highest BCUT2D eigenvalue weighted by atomic mass is 16.4. The molecule has 0 aliphatic carbocycles. The summed E-state index contributed by atoms with van der Waals surface area (Å²) in [5, 5.41) is 9.12. The summed E-state index contributed by atoms with van der Waals surface area (Å²) in [6.45, 7) is 10.0. The van der Waals surface area contributed by atoms with Gasteiger partial charge in [-0.25, -0.2) is 9.78 Å². The molecule has 0 saturated carbocycles. The summed E-state index contributed by atoms with van der Waals surface area (Å²) in [4.78, 5) is 17.8. The van der Waals surface area contributed by atoms with Crippen LogP contribution in [-0.4, -0.2) is 29.1 Å². The van der Waals surface area contributed by atoms with E-state index < -0.39 is 5.97 Å². The predicted molar refractivity (Wildman–Crippen MR) is 73.3 cm³/mol. The van der Waals surface area contributed by atoms with Gasteiger partial charge in [0.05, 0.1) is 5.56 Å². The normalized spacial score (nSPS) is 10.7. The maximum atomic E-state index is 11.1. The first-order chi connectivity index (χ1) is 8.47. The topological polar surface area (TPSA) is 53.4 Å². The molecule has 0 spiro atoms. The fourth-order valence-corrected chi connectivity index (χ4v) is 1.86. The van der Waals surface area contributed by atoms with Gasteiger partial charge in [0.1, 0.15) is 5.82 Å². The molecule has 4 nitrogen and oxygen atoms in total. The molecule has 0 atom stereocenters. The Morgan fingerprint density at radius 3 is 2.50 bits per heavy atom. The number of aromatic nitrogens is 1. The lowest BCUT2D eigenvalue weighted by Gasteiger charge is -2.24. The van der Waals surface area contributed by atoms with Crippen molar-refractivity contribution in [2.45, 2.75) is 34.1 Å². The second-order valence-electron chi connectivity index (χ2n) is 4.80. The zero-order chi connectivity index (χ0) is 13.7. The number of carboxylic acid groups (broad SMARTS) is 1. The average Bonchev–Trinajstić information content (AvgIpc) is 2.34. The van der Waals surface area contributed by atoms with Crippen molar-refractivity contribution in [1.29, 1.82) is 0 Å². The van der Waals surface area contributed by atoms with E-state index in [2.05, 4.69) is 30.7 Å². The lowest BCUT2D eigenvalue weighted by molar-refractivity contribution is 0.0696. The highest BCUT2D eigenvalue weighted by Crippen LogP contribution is 2.17. The number of rotatable bonds is 6. The molecule has 1 heterocycles. The lowest BCUT2D eigenvalue weighted by Crippen LogP contribution is -2.28. The van der Waals surface area contributed by atoms with Crippen LogP contribution in [0.1, 0.15) is 43.7 Å². The summed E-state index contributed by atoms with van der Waals surface area (Å²) in [5.74, 6) is 0.391. The number of pyridine rings is 1. The van der Waals surface area contributed by atoms with Gasteiger partial charge in [0.15, 0.2) is 0 Å². The van der Waals surface area contributed by atoms with Crippen molar-refractivity contribution >= 4 is 11.8 Å². The fourth-order valence-electron chi connectivity index (χ4n) is 1.86. The Morgan fingerprint density at radius 1 is 1.39 bits per heavy atom. The SMILES string of the molecule is CCc1cc(C(=O)O)cc(N(CC)CC(C)C)n1. The van der Waals surface area contributed by atoms with Gasteiger partial charge < -0.3 is 10.0 Å². The Bertz CT molecular complexity index is 416. The predicted octanol–water partition coefficient (Wildman–Crippen LogP) is 2.82. The third-order valence-electron chi connectivity index (χ3n) is 2.77. The summed E-state index contributed by atoms with van der Waals surface area (Å²) in [7, 11) is 0. The van der Waals surface area contributed by atoms with E-state index in [4.69, 9.17) is 5.11 Å². The van der Waals surface area contributed by atoms with Crippen LogP contribution in [0.5, 0.6) is 0 Å². The minimum Gasteiger partial charge on any atom is -0.478 e. The van der Waals surface area contributed by atoms with E-state index in [-0.39, 0.29) is 0 Å². The van der Waals surface area contributed by atoms with Crippen LogP contribution in [0.2, 0.25) is 0 Å². The van der Waals surface area contributed by atoms with Crippen LogP contribution in [0.25, 0.3) is 0 Å². The van der Waals surface area contributed by atoms with Crippen molar-refractivity contribution in [3.63, 3.8) is 0 Å². The van der Waals surface area contributed by atoms with Crippen molar-refractivity contribution in [1.82, 2.24) is 4.98 Å². The number of hydrogen-bond donors (Lipinski definition) is 1. The van der Waals surface area contributed by atoms with Gasteiger partial charge >= 0.3 is 5.97 Å². The van der Waals surface area contributed by atoms with E-state index in [1.54, 1.807) is 12.1 Å². The van der Waals surface area contributed by atoms with E-state index >= 15 is 0 Å². The summed E-state index contributed by atoms with van der Waals surface area (Å²) < 4.78 is 0. The van der Waals surface area contributed by atoms with Gasteiger partial charge in [0, 0.05) is 18.8 Å². The first kappa shape index (κ1) is 14.5. The first-order valence-electron chi connectivity index (χ1n) is 6.47. The summed E-state index contributed by atoms with van der Waals surface area (Å²) in [6, 6.07) is 3.31. The molecule has 0 radical (unpaired) electrons. The van der Waals surface area contributed by atoms with Gasteiger partial charge in [0.25, 0.3) is 0 Å². The number of carbonyl (C=O) groups is 1. The van der Waals surface area contributed by atoms with Crippen molar-refractivity contribution in [3.8, 4) is 0 Å². The maximum Gasteiger partial charge on any atom is 0.335 e. The molecule has 1 aromatic rings. The van der Waals surface area contributed by atoms with Crippen molar-refractivity contribution < 1.29 is 9.90 Å². The molecule has 0 aliphatic heterocycles. The van der Waals surface area contributed by atoms with Crippen molar-refractivity contribution in [2.24, 2.45) is 5.92 Å². The number of aromatic carboxylic acids is 1. The quantitative estimate of drug-likeness (QED) is 0.843. The van der Waals surface area contributed by atoms with Gasteiger partial charge in [-0.15, -0.1) is 0 Å². The minimum atomic E-state index is -0.894. The summed E-state index contributed by atoms with van der Waals surface area (Å²) in [6.07, 6.45) is 0.743. The molecule has 100 valence electrons. The molecule has 1 N–H and O–H groups in total. The van der Waals surface area contributed by atoms with Gasteiger partial charge in [-0.1, -0.05) is 20.8 Å². The van der Waals surface area contributed by atoms with E-state index in [9.17, 15) is 4.79 Å². The monoisotopic (exact) mass is 250 g/mol. The molecule has 1 aromatic heterocycles. The number of nitrogens with zero attached hydrogens (tertiary/aromatic N) is 2. The Balaban J connectivity index is 3.12. The molecule has 0 aromatic carbocycles. The molecular weight excluding hydrogens is 228 g/mol.